The van der Waals surface area contributed by atoms with Crippen LogP contribution in [0, 0.1) is 0 Å². The number of carbonyl (C=O) groups excluding carboxylic acids is 2. The SMILES string of the molecule is CCCNC(=O)[C@@H](C)N(Cc1ccccc1)C(=O)CN(c1ccccc1CC)S(=O)(=O)c1ccccc1. The zero-order valence-electron chi connectivity index (χ0n) is 21.6. The number of hydrogen-bond donors (Lipinski definition) is 1. The molecule has 3 aromatic carbocycles. The van der Waals surface area contributed by atoms with Crippen molar-refractivity contribution in [2.24, 2.45) is 0 Å². The molecule has 0 aliphatic heterocycles. The molecule has 8 heteroatoms. The van der Waals surface area contributed by atoms with Gasteiger partial charge in [-0.3, -0.25) is 13.9 Å². The van der Waals surface area contributed by atoms with Crippen LogP contribution < -0.4 is 9.62 Å². The van der Waals surface area contributed by atoms with E-state index in [1.165, 1.54) is 17.0 Å². The van der Waals surface area contributed by atoms with Crippen LogP contribution in [0.3, 0.4) is 0 Å². The van der Waals surface area contributed by atoms with Crippen molar-refractivity contribution in [3.05, 3.63) is 96.1 Å². The molecule has 3 aromatic rings. The molecule has 0 aliphatic carbocycles. The summed E-state index contributed by atoms with van der Waals surface area (Å²) in [6, 6.07) is 23.8. The van der Waals surface area contributed by atoms with Crippen molar-refractivity contribution in [2.75, 3.05) is 17.4 Å². The summed E-state index contributed by atoms with van der Waals surface area (Å²) < 4.78 is 28.8. The van der Waals surface area contributed by atoms with E-state index < -0.39 is 28.5 Å². The molecule has 0 saturated heterocycles. The number of para-hydroxylation sites is 1. The first-order chi connectivity index (χ1) is 17.8. The molecule has 0 spiro atoms. The van der Waals surface area contributed by atoms with Gasteiger partial charge in [0.05, 0.1) is 10.6 Å². The van der Waals surface area contributed by atoms with E-state index in [4.69, 9.17) is 0 Å². The third-order valence-electron chi connectivity index (χ3n) is 6.16. The molecular weight excluding hydrogens is 486 g/mol. The first-order valence-electron chi connectivity index (χ1n) is 12.6. The second kappa shape index (κ2) is 13.1. The van der Waals surface area contributed by atoms with Gasteiger partial charge in [0.25, 0.3) is 10.0 Å². The van der Waals surface area contributed by atoms with Gasteiger partial charge in [-0.2, -0.15) is 0 Å². The van der Waals surface area contributed by atoms with Gasteiger partial charge in [-0.1, -0.05) is 80.6 Å². The van der Waals surface area contributed by atoms with Gasteiger partial charge in [-0.25, -0.2) is 8.42 Å². The maximum Gasteiger partial charge on any atom is 0.264 e. The van der Waals surface area contributed by atoms with E-state index in [1.54, 1.807) is 37.3 Å². The Morgan fingerprint density at radius 2 is 1.46 bits per heavy atom. The van der Waals surface area contributed by atoms with Crippen LogP contribution in [0.2, 0.25) is 0 Å². The number of sulfonamides is 1. The summed E-state index contributed by atoms with van der Waals surface area (Å²) in [6.45, 7) is 5.80. The monoisotopic (exact) mass is 521 g/mol. The number of nitrogens with zero attached hydrogens (tertiary/aromatic N) is 2. The molecule has 7 nitrogen and oxygen atoms in total. The Balaban J connectivity index is 2.03. The lowest BCUT2D eigenvalue weighted by Gasteiger charge is -2.32. The molecule has 0 fully saturated rings. The van der Waals surface area contributed by atoms with Gasteiger partial charge in [0.15, 0.2) is 0 Å². The summed E-state index contributed by atoms with van der Waals surface area (Å²) in [7, 11) is -4.06. The van der Waals surface area contributed by atoms with Gasteiger partial charge < -0.3 is 10.2 Å². The van der Waals surface area contributed by atoms with Gasteiger partial charge >= 0.3 is 0 Å². The minimum absolute atomic E-state index is 0.0945. The van der Waals surface area contributed by atoms with Crippen LogP contribution in [0.5, 0.6) is 0 Å². The third-order valence-corrected chi connectivity index (χ3v) is 7.94. The Kier molecular flexibility index (Phi) is 9.85. The quantitative estimate of drug-likeness (QED) is 0.383. The minimum atomic E-state index is -4.06. The maximum atomic E-state index is 13.9. The fourth-order valence-corrected chi connectivity index (χ4v) is 5.52. The van der Waals surface area contributed by atoms with Crippen molar-refractivity contribution in [2.45, 2.75) is 51.1 Å². The predicted octanol–water partition coefficient (Wildman–Crippen LogP) is 4.39. The first kappa shape index (κ1) is 27.9. The maximum absolute atomic E-state index is 13.9. The number of rotatable bonds is 12. The Morgan fingerprint density at radius 3 is 2.08 bits per heavy atom. The van der Waals surface area contributed by atoms with Crippen molar-refractivity contribution in [1.82, 2.24) is 10.2 Å². The molecular formula is C29H35N3O4S. The molecule has 0 unspecified atom stereocenters. The zero-order valence-corrected chi connectivity index (χ0v) is 22.4. The molecule has 196 valence electrons. The van der Waals surface area contributed by atoms with Gasteiger partial charge in [-0.05, 0) is 49.1 Å². The van der Waals surface area contributed by atoms with E-state index in [-0.39, 0.29) is 17.3 Å². The first-order valence-corrected chi connectivity index (χ1v) is 14.0. The Hall–Kier alpha value is -3.65. The standard InChI is InChI=1S/C29H35N3O4S/c1-4-20-30-29(34)23(3)31(21-24-14-8-6-9-15-24)28(33)22-32(27-19-13-12-16-25(27)5-2)37(35,36)26-17-10-7-11-18-26/h6-19,23H,4-5,20-22H2,1-3H3,(H,30,34)/t23-/m1/s1. The van der Waals surface area contributed by atoms with E-state index >= 15 is 0 Å². The average Bonchev–Trinajstić information content (AvgIpc) is 2.93. The number of aryl methyl sites for hydroxylation is 1. The lowest BCUT2D eigenvalue weighted by molar-refractivity contribution is -0.139. The van der Waals surface area contributed by atoms with Gasteiger partial charge in [0.1, 0.15) is 12.6 Å². The van der Waals surface area contributed by atoms with E-state index in [2.05, 4.69) is 5.32 Å². The van der Waals surface area contributed by atoms with Crippen molar-refractivity contribution in [3.63, 3.8) is 0 Å². The second-order valence-corrected chi connectivity index (χ2v) is 10.6. The fourth-order valence-electron chi connectivity index (χ4n) is 4.04. The highest BCUT2D eigenvalue weighted by atomic mass is 32.2. The fraction of sp³-hybridized carbons (Fsp3) is 0.310. The average molecular weight is 522 g/mol. The highest BCUT2D eigenvalue weighted by molar-refractivity contribution is 7.92. The Morgan fingerprint density at radius 1 is 0.865 bits per heavy atom. The molecule has 0 aliphatic rings. The van der Waals surface area contributed by atoms with Gasteiger partial charge in [0, 0.05) is 13.1 Å². The molecule has 0 heterocycles. The molecule has 0 aromatic heterocycles. The summed E-state index contributed by atoms with van der Waals surface area (Å²) >= 11 is 0. The number of amides is 2. The van der Waals surface area contributed by atoms with E-state index in [9.17, 15) is 18.0 Å². The largest absolute Gasteiger partial charge is 0.354 e. The van der Waals surface area contributed by atoms with Crippen LogP contribution in [-0.4, -0.2) is 44.3 Å². The molecule has 1 atom stereocenters. The van der Waals surface area contributed by atoms with Crippen LogP contribution in [0.25, 0.3) is 0 Å². The minimum Gasteiger partial charge on any atom is -0.354 e. The smallest absolute Gasteiger partial charge is 0.264 e. The van der Waals surface area contributed by atoms with E-state index in [0.29, 0.717) is 18.7 Å². The highest BCUT2D eigenvalue weighted by Crippen LogP contribution is 2.28. The normalized spacial score (nSPS) is 12.0. The van der Waals surface area contributed by atoms with Crippen LogP contribution in [0.4, 0.5) is 5.69 Å². The summed E-state index contributed by atoms with van der Waals surface area (Å²) in [5.74, 6) is -0.744. The zero-order chi connectivity index (χ0) is 26.8. The third kappa shape index (κ3) is 6.98. The Bertz CT molecular complexity index is 1280. The van der Waals surface area contributed by atoms with Crippen LogP contribution in [0.15, 0.2) is 89.8 Å². The summed E-state index contributed by atoms with van der Waals surface area (Å²) in [5.41, 5.74) is 2.10. The van der Waals surface area contributed by atoms with Crippen LogP contribution >= 0.6 is 0 Å². The summed E-state index contributed by atoms with van der Waals surface area (Å²) in [5, 5.41) is 2.85. The van der Waals surface area contributed by atoms with Crippen LogP contribution in [0.1, 0.15) is 38.3 Å². The number of hydrogen-bond acceptors (Lipinski definition) is 4. The lowest BCUT2D eigenvalue weighted by Crippen LogP contribution is -2.51. The lowest BCUT2D eigenvalue weighted by atomic mass is 10.1. The topological polar surface area (TPSA) is 86.8 Å². The number of anilines is 1. The van der Waals surface area contributed by atoms with Gasteiger partial charge in [0.2, 0.25) is 11.8 Å². The summed E-state index contributed by atoms with van der Waals surface area (Å²) in [4.78, 5) is 28.3. The molecule has 0 saturated carbocycles. The predicted molar refractivity (Wildman–Crippen MR) is 147 cm³/mol. The van der Waals surface area contributed by atoms with Crippen LogP contribution in [-0.2, 0) is 32.6 Å². The number of nitrogens with one attached hydrogen (secondary N) is 1. The number of carbonyl (C=O) groups is 2. The molecule has 0 bridgehead atoms. The van der Waals surface area contributed by atoms with Crippen molar-refractivity contribution >= 4 is 27.5 Å². The second-order valence-electron chi connectivity index (χ2n) is 8.78. The highest BCUT2D eigenvalue weighted by Gasteiger charge is 2.33. The van der Waals surface area contributed by atoms with Crippen molar-refractivity contribution in [1.29, 1.82) is 0 Å². The number of benzene rings is 3. The molecule has 0 radical (unpaired) electrons. The molecule has 1 N–H and O–H groups in total. The molecule has 37 heavy (non-hydrogen) atoms. The molecule has 3 rings (SSSR count). The van der Waals surface area contributed by atoms with Crippen molar-refractivity contribution < 1.29 is 18.0 Å². The van der Waals surface area contributed by atoms with Gasteiger partial charge in [-0.15, -0.1) is 0 Å². The summed E-state index contributed by atoms with van der Waals surface area (Å²) in [6.07, 6.45) is 1.36. The Labute approximate surface area is 220 Å². The van der Waals surface area contributed by atoms with E-state index in [0.717, 1.165) is 21.9 Å². The van der Waals surface area contributed by atoms with E-state index in [1.807, 2.05) is 56.3 Å². The molecule has 2 amide bonds. The van der Waals surface area contributed by atoms with Crippen molar-refractivity contribution in [3.8, 4) is 0 Å².